The van der Waals surface area contributed by atoms with Crippen molar-refractivity contribution < 1.29 is 19.4 Å². The number of ether oxygens (including phenoxy) is 1. The molecular weight excluding hydrogens is 214 g/mol. The van der Waals surface area contributed by atoms with E-state index in [-0.39, 0.29) is 12.5 Å². The quantitative estimate of drug-likeness (QED) is 0.564. The van der Waals surface area contributed by atoms with Crippen LogP contribution in [0, 0.1) is 0 Å². The first-order valence-electron chi connectivity index (χ1n) is 4.72. The zero-order valence-corrected chi connectivity index (χ0v) is 8.60. The van der Waals surface area contributed by atoms with Gasteiger partial charge in [-0.25, -0.2) is 9.78 Å². The Kier molecular flexibility index (Phi) is 5.00. The molecule has 0 spiro atoms. The highest BCUT2D eigenvalue weighted by molar-refractivity contribution is 5.77. The van der Waals surface area contributed by atoms with E-state index in [9.17, 15) is 9.59 Å². The molecule has 1 heterocycles. The first-order valence-corrected chi connectivity index (χ1v) is 4.72. The van der Waals surface area contributed by atoms with Crippen molar-refractivity contribution in [2.75, 3.05) is 19.8 Å². The van der Waals surface area contributed by atoms with Crippen molar-refractivity contribution in [2.24, 2.45) is 0 Å². The van der Waals surface area contributed by atoms with Crippen LogP contribution in [0.4, 0.5) is 0 Å². The van der Waals surface area contributed by atoms with Crippen molar-refractivity contribution in [1.82, 2.24) is 15.3 Å². The van der Waals surface area contributed by atoms with E-state index < -0.39 is 12.6 Å². The van der Waals surface area contributed by atoms with Crippen molar-refractivity contribution in [2.45, 2.75) is 6.42 Å². The van der Waals surface area contributed by atoms with Gasteiger partial charge in [-0.15, -0.1) is 0 Å². The van der Waals surface area contributed by atoms with Crippen molar-refractivity contribution in [3.63, 3.8) is 0 Å². The normalized spacial score (nSPS) is 10.0. The Labute approximate surface area is 91.8 Å². The van der Waals surface area contributed by atoms with Crippen LogP contribution in [-0.4, -0.2) is 46.7 Å². The lowest BCUT2D eigenvalue weighted by Gasteiger charge is -2.03. The molecular formula is C9H13N3O4. The number of aliphatic carboxylic acids is 1. The van der Waals surface area contributed by atoms with E-state index in [0.29, 0.717) is 13.0 Å². The van der Waals surface area contributed by atoms with Crippen molar-refractivity contribution in [1.29, 1.82) is 0 Å². The molecule has 16 heavy (non-hydrogen) atoms. The predicted octanol–water partition coefficient (Wildman–Crippen LogP) is -0.830. The molecule has 0 aliphatic heterocycles. The second kappa shape index (κ2) is 6.57. The molecule has 0 aromatic carbocycles. The van der Waals surface area contributed by atoms with Crippen LogP contribution in [0.1, 0.15) is 5.69 Å². The summed E-state index contributed by atoms with van der Waals surface area (Å²) in [7, 11) is 0. The van der Waals surface area contributed by atoms with Gasteiger partial charge in [-0.2, -0.15) is 0 Å². The molecule has 0 bridgehead atoms. The van der Waals surface area contributed by atoms with Crippen LogP contribution in [-0.2, 0) is 20.7 Å². The molecule has 7 nitrogen and oxygen atoms in total. The molecule has 88 valence electrons. The molecule has 1 aromatic rings. The van der Waals surface area contributed by atoms with E-state index in [4.69, 9.17) is 5.11 Å². The minimum Gasteiger partial charge on any atom is -0.480 e. The average Bonchev–Trinajstić information content (AvgIpc) is 2.70. The summed E-state index contributed by atoms with van der Waals surface area (Å²) in [6, 6.07) is 0. The molecule has 0 aliphatic rings. The van der Waals surface area contributed by atoms with Crippen LogP contribution in [0.25, 0.3) is 0 Å². The Bertz CT molecular complexity index is 337. The Morgan fingerprint density at radius 1 is 1.50 bits per heavy atom. The van der Waals surface area contributed by atoms with E-state index in [0.717, 1.165) is 5.69 Å². The molecule has 0 aliphatic carbocycles. The van der Waals surface area contributed by atoms with Crippen LogP contribution in [0.2, 0.25) is 0 Å². The summed E-state index contributed by atoms with van der Waals surface area (Å²) in [6.45, 7) is -0.249. The zero-order valence-electron chi connectivity index (χ0n) is 8.60. The Morgan fingerprint density at radius 2 is 2.31 bits per heavy atom. The third kappa shape index (κ3) is 5.11. The Morgan fingerprint density at radius 3 is 2.94 bits per heavy atom. The summed E-state index contributed by atoms with van der Waals surface area (Å²) < 4.78 is 4.61. The molecule has 0 unspecified atom stereocenters. The van der Waals surface area contributed by atoms with Gasteiger partial charge in [0.05, 0.1) is 6.33 Å². The number of nitrogens with one attached hydrogen (secondary N) is 2. The van der Waals surface area contributed by atoms with Gasteiger partial charge in [-0.05, 0) is 0 Å². The van der Waals surface area contributed by atoms with Gasteiger partial charge in [0.2, 0.25) is 5.91 Å². The van der Waals surface area contributed by atoms with Gasteiger partial charge in [0, 0.05) is 24.9 Å². The highest BCUT2D eigenvalue weighted by Gasteiger charge is 2.03. The standard InChI is InChI=1S/C9H13N3O4/c13-8(4-16-5-9(14)15)11-2-1-7-3-10-6-12-7/h3,6H,1-2,4-5H2,(H,10,12)(H,11,13)(H,14,15). The fraction of sp³-hybridized carbons (Fsp3) is 0.444. The third-order valence-corrected chi connectivity index (χ3v) is 1.73. The summed E-state index contributed by atoms with van der Waals surface area (Å²) in [5, 5.41) is 10.8. The summed E-state index contributed by atoms with van der Waals surface area (Å²) in [6.07, 6.45) is 3.88. The van der Waals surface area contributed by atoms with E-state index in [2.05, 4.69) is 20.0 Å². The summed E-state index contributed by atoms with van der Waals surface area (Å²) in [5.74, 6) is -1.42. The largest absolute Gasteiger partial charge is 0.480 e. The molecule has 1 amide bonds. The maximum atomic E-state index is 11.1. The van der Waals surface area contributed by atoms with Gasteiger partial charge in [-0.1, -0.05) is 0 Å². The molecule has 1 aromatic heterocycles. The molecule has 7 heteroatoms. The summed E-state index contributed by atoms with van der Waals surface area (Å²) in [5.41, 5.74) is 0.923. The number of amides is 1. The second-order valence-corrected chi connectivity index (χ2v) is 3.06. The predicted molar refractivity (Wildman–Crippen MR) is 53.8 cm³/mol. The number of H-pyrrole nitrogens is 1. The van der Waals surface area contributed by atoms with Crippen molar-refractivity contribution >= 4 is 11.9 Å². The molecule has 0 radical (unpaired) electrons. The van der Waals surface area contributed by atoms with Gasteiger partial charge in [-0.3, -0.25) is 4.79 Å². The molecule has 0 saturated heterocycles. The van der Waals surface area contributed by atoms with Crippen molar-refractivity contribution in [3.05, 3.63) is 18.2 Å². The number of hydrogen-bond acceptors (Lipinski definition) is 4. The van der Waals surface area contributed by atoms with Crippen LogP contribution < -0.4 is 5.32 Å². The minimum atomic E-state index is -1.09. The minimum absolute atomic E-state index is 0.241. The fourth-order valence-electron chi connectivity index (χ4n) is 1.04. The SMILES string of the molecule is O=C(O)COCC(=O)NCCc1cnc[nH]1. The number of carboxylic acid groups (broad SMARTS) is 1. The number of carbonyl (C=O) groups is 2. The number of hydrogen-bond donors (Lipinski definition) is 3. The van der Waals surface area contributed by atoms with Crippen LogP contribution in [0.15, 0.2) is 12.5 Å². The lowest BCUT2D eigenvalue weighted by molar-refractivity contribution is -0.143. The Hall–Kier alpha value is -1.89. The van der Waals surface area contributed by atoms with Crippen LogP contribution >= 0.6 is 0 Å². The zero-order chi connectivity index (χ0) is 11.8. The number of aromatic amines is 1. The molecule has 0 fully saturated rings. The summed E-state index contributed by atoms with van der Waals surface area (Å²) in [4.78, 5) is 27.9. The monoisotopic (exact) mass is 227 g/mol. The molecule has 0 atom stereocenters. The molecule has 1 rings (SSSR count). The first-order chi connectivity index (χ1) is 7.68. The number of imidazole rings is 1. The van der Waals surface area contributed by atoms with Gasteiger partial charge < -0.3 is 20.1 Å². The van der Waals surface area contributed by atoms with Gasteiger partial charge in [0.15, 0.2) is 0 Å². The van der Waals surface area contributed by atoms with Crippen LogP contribution in [0.5, 0.6) is 0 Å². The lowest BCUT2D eigenvalue weighted by atomic mass is 10.3. The first kappa shape index (κ1) is 12.2. The third-order valence-electron chi connectivity index (χ3n) is 1.73. The van der Waals surface area contributed by atoms with E-state index in [1.54, 1.807) is 12.5 Å². The highest BCUT2D eigenvalue weighted by Crippen LogP contribution is 1.90. The number of aromatic nitrogens is 2. The highest BCUT2D eigenvalue weighted by atomic mass is 16.5. The molecule has 0 saturated carbocycles. The average molecular weight is 227 g/mol. The van der Waals surface area contributed by atoms with Gasteiger partial charge in [0.25, 0.3) is 0 Å². The smallest absolute Gasteiger partial charge is 0.329 e. The van der Waals surface area contributed by atoms with E-state index >= 15 is 0 Å². The maximum Gasteiger partial charge on any atom is 0.329 e. The van der Waals surface area contributed by atoms with Gasteiger partial charge in [0.1, 0.15) is 13.2 Å². The van der Waals surface area contributed by atoms with E-state index in [1.807, 2.05) is 0 Å². The van der Waals surface area contributed by atoms with Crippen molar-refractivity contribution in [3.8, 4) is 0 Å². The topological polar surface area (TPSA) is 104 Å². The van der Waals surface area contributed by atoms with E-state index in [1.165, 1.54) is 0 Å². The number of carboxylic acids is 1. The fourth-order valence-corrected chi connectivity index (χ4v) is 1.04. The van der Waals surface area contributed by atoms with Crippen LogP contribution in [0.3, 0.4) is 0 Å². The van der Waals surface area contributed by atoms with Gasteiger partial charge >= 0.3 is 5.97 Å². The lowest BCUT2D eigenvalue weighted by Crippen LogP contribution is -2.30. The number of rotatable bonds is 7. The number of carbonyl (C=O) groups excluding carboxylic acids is 1. The maximum absolute atomic E-state index is 11.1. The summed E-state index contributed by atoms with van der Waals surface area (Å²) >= 11 is 0. The second-order valence-electron chi connectivity index (χ2n) is 3.06. The Balaban J connectivity index is 2.04. The number of nitrogens with zero attached hydrogens (tertiary/aromatic N) is 1. The molecule has 3 N–H and O–H groups in total.